The van der Waals surface area contributed by atoms with Gasteiger partial charge >= 0.3 is 0 Å². The lowest BCUT2D eigenvalue weighted by Crippen LogP contribution is -2.19. The quantitative estimate of drug-likeness (QED) is 0.705. The maximum Gasteiger partial charge on any atom is 0.161 e. The van der Waals surface area contributed by atoms with E-state index in [1.807, 2.05) is 37.0 Å². The molecule has 0 radical (unpaired) electrons. The Balaban J connectivity index is 2.04. The van der Waals surface area contributed by atoms with Gasteiger partial charge in [0.2, 0.25) is 0 Å². The van der Waals surface area contributed by atoms with E-state index in [0.717, 1.165) is 30.4 Å². The van der Waals surface area contributed by atoms with Crippen molar-refractivity contribution in [3.05, 3.63) is 42.0 Å². The summed E-state index contributed by atoms with van der Waals surface area (Å²) >= 11 is 0. The van der Waals surface area contributed by atoms with Crippen molar-refractivity contribution in [3.63, 3.8) is 0 Å². The lowest BCUT2D eigenvalue weighted by Gasteiger charge is -2.18. The van der Waals surface area contributed by atoms with Crippen molar-refractivity contribution < 1.29 is 9.47 Å². The fraction of sp³-hybridized carbons (Fsp3) is 0.526. The van der Waals surface area contributed by atoms with Crippen LogP contribution in [0.1, 0.15) is 32.2 Å². The zero-order valence-electron chi connectivity index (χ0n) is 15.5. The minimum absolute atomic E-state index is 0.489. The molecule has 5 nitrogen and oxygen atoms in total. The monoisotopic (exact) mass is 331 g/mol. The summed E-state index contributed by atoms with van der Waals surface area (Å²) in [5, 5.41) is 0. The largest absolute Gasteiger partial charge is 0.490 e. The van der Waals surface area contributed by atoms with Crippen molar-refractivity contribution >= 4 is 0 Å². The van der Waals surface area contributed by atoms with Crippen LogP contribution < -0.4 is 9.47 Å². The van der Waals surface area contributed by atoms with Crippen molar-refractivity contribution in [2.24, 2.45) is 13.0 Å². The van der Waals surface area contributed by atoms with E-state index in [0.29, 0.717) is 19.1 Å². The highest BCUT2D eigenvalue weighted by atomic mass is 16.5. The standard InChI is InChI=1S/C19H29N3O2/c1-6-23-18-11-16(7-8-17(18)24-14-15(2)3)12-21(4)13-19-20-9-10-22(19)5/h7-11,15H,6,12-14H2,1-5H3. The van der Waals surface area contributed by atoms with E-state index >= 15 is 0 Å². The normalized spacial score (nSPS) is 11.3. The summed E-state index contributed by atoms with van der Waals surface area (Å²) < 4.78 is 13.7. The van der Waals surface area contributed by atoms with Crippen LogP contribution in [0.25, 0.3) is 0 Å². The zero-order chi connectivity index (χ0) is 17.5. The third-order valence-corrected chi connectivity index (χ3v) is 3.66. The van der Waals surface area contributed by atoms with Crippen LogP contribution >= 0.6 is 0 Å². The lowest BCUT2D eigenvalue weighted by molar-refractivity contribution is 0.247. The molecule has 0 aliphatic heterocycles. The van der Waals surface area contributed by atoms with Crippen LogP contribution in [0.2, 0.25) is 0 Å². The minimum Gasteiger partial charge on any atom is -0.490 e. The predicted octanol–water partition coefficient (Wildman–Crippen LogP) is 3.49. The Morgan fingerprint density at radius 1 is 1.17 bits per heavy atom. The van der Waals surface area contributed by atoms with Gasteiger partial charge in [-0.15, -0.1) is 0 Å². The number of imidazole rings is 1. The molecule has 0 bridgehead atoms. The molecule has 0 atom stereocenters. The Hall–Kier alpha value is -2.01. The number of nitrogens with zero attached hydrogens (tertiary/aromatic N) is 3. The van der Waals surface area contributed by atoms with Crippen LogP contribution in [0.15, 0.2) is 30.6 Å². The number of rotatable bonds is 9. The van der Waals surface area contributed by atoms with E-state index in [-0.39, 0.29) is 0 Å². The average molecular weight is 331 g/mol. The van der Waals surface area contributed by atoms with Crippen LogP contribution in [0.5, 0.6) is 11.5 Å². The van der Waals surface area contributed by atoms with E-state index < -0.39 is 0 Å². The Bertz CT molecular complexity index is 637. The Morgan fingerprint density at radius 3 is 2.58 bits per heavy atom. The molecule has 0 unspecified atom stereocenters. The first-order valence-corrected chi connectivity index (χ1v) is 8.52. The van der Waals surface area contributed by atoms with E-state index in [1.54, 1.807) is 0 Å². The van der Waals surface area contributed by atoms with E-state index in [9.17, 15) is 0 Å². The van der Waals surface area contributed by atoms with Gasteiger partial charge in [0.1, 0.15) is 5.82 Å². The van der Waals surface area contributed by atoms with Crippen molar-refractivity contribution in [2.75, 3.05) is 20.3 Å². The molecule has 5 heteroatoms. The number of ether oxygens (including phenoxy) is 2. The fourth-order valence-electron chi connectivity index (χ4n) is 2.45. The maximum atomic E-state index is 5.86. The molecular formula is C19H29N3O2. The number of benzene rings is 1. The topological polar surface area (TPSA) is 39.5 Å². The first-order valence-electron chi connectivity index (χ1n) is 8.52. The second kappa shape index (κ2) is 8.73. The average Bonchev–Trinajstić information content (AvgIpc) is 2.91. The third-order valence-electron chi connectivity index (χ3n) is 3.66. The van der Waals surface area contributed by atoms with Crippen LogP contribution in [0, 0.1) is 5.92 Å². The lowest BCUT2D eigenvalue weighted by atomic mass is 10.2. The summed E-state index contributed by atoms with van der Waals surface area (Å²) in [6.07, 6.45) is 3.80. The SMILES string of the molecule is CCOc1cc(CN(C)Cc2nccn2C)ccc1OCC(C)C. The van der Waals surface area contributed by atoms with Gasteiger partial charge in [-0.1, -0.05) is 19.9 Å². The Morgan fingerprint density at radius 2 is 1.96 bits per heavy atom. The molecule has 0 saturated carbocycles. The summed E-state index contributed by atoms with van der Waals surface area (Å²) in [5.74, 6) is 3.18. The van der Waals surface area contributed by atoms with Gasteiger partial charge < -0.3 is 14.0 Å². The molecule has 2 aromatic rings. The third kappa shape index (κ3) is 5.27. The molecule has 2 rings (SSSR count). The summed E-state index contributed by atoms with van der Waals surface area (Å²) in [4.78, 5) is 6.61. The second-order valence-electron chi connectivity index (χ2n) is 6.55. The first-order chi connectivity index (χ1) is 11.5. The van der Waals surface area contributed by atoms with Crippen molar-refractivity contribution in [3.8, 4) is 11.5 Å². The van der Waals surface area contributed by atoms with Gasteiger partial charge in [-0.25, -0.2) is 4.98 Å². The highest BCUT2D eigenvalue weighted by molar-refractivity contribution is 5.43. The number of aryl methyl sites for hydroxylation is 1. The van der Waals surface area contributed by atoms with Gasteiger partial charge in [0.05, 0.1) is 19.8 Å². The molecular weight excluding hydrogens is 302 g/mol. The van der Waals surface area contributed by atoms with Gasteiger partial charge in [0.15, 0.2) is 11.5 Å². The molecule has 0 amide bonds. The summed E-state index contributed by atoms with van der Waals surface area (Å²) in [6, 6.07) is 6.19. The van der Waals surface area contributed by atoms with E-state index in [1.165, 1.54) is 5.56 Å². The summed E-state index contributed by atoms with van der Waals surface area (Å²) in [5.41, 5.74) is 1.20. The van der Waals surface area contributed by atoms with E-state index in [4.69, 9.17) is 9.47 Å². The molecule has 0 fully saturated rings. The molecule has 1 heterocycles. The molecule has 0 aliphatic rings. The smallest absolute Gasteiger partial charge is 0.161 e. The van der Waals surface area contributed by atoms with Crippen molar-refractivity contribution in [1.82, 2.24) is 14.5 Å². The number of hydrogen-bond donors (Lipinski definition) is 0. The van der Waals surface area contributed by atoms with Gasteiger partial charge in [-0.3, -0.25) is 4.90 Å². The van der Waals surface area contributed by atoms with Crippen LogP contribution in [-0.4, -0.2) is 34.7 Å². The van der Waals surface area contributed by atoms with Crippen molar-refractivity contribution in [1.29, 1.82) is 0 Å². The fourth-order valence-corrected chi connectivity index (χ4v) is 2.45. The molecule has 0 saturated heterocycles. The van der Waals surface area contributed by atoms with Crippen LogP contribution in [-0.2, 0) is 20.1 Å². The number of hydrogen-bond acceptors (Lipinski definition) is 4. The van der Waals surface area contributed by atoms with Crippen LogP contribution in [0.4, 0.5) is 0 Å². The van der Waals surface area contributed by atoms with Gasteiger partial charge in [-0.05, 0) is 37.6 Å². The first kappa shape index (κ1) is 18.3. The van der Waals surface area contributed by atoms with Crippen molar-refractivity contribution in [2.45, 2.75) is 33.9 Å². The second-order valence-corrected chi connectivity index (χ2v) is 6.55. The zero-order valence-corrected chi connectivity index (χ0v) is 15.5. The minimum atomic E-state index is 0.489. The molecule has 24 heavy (non-hydrogen) atoms. The molecule has 132 valence electrons. The number of aromatic nitrogens is 2. The Kier molecular flexibility index (Phi) is 6.67. The molecule has 1 aromatic carbocycles. The Labute approximate surface area is 145 Å². The summed E-state index contributed by atoms with van der Waals surface area (Å²) in [6.45, 7) is 9.23. The predicted molar refractivity (Wildman–Crippen MR) is 96.3 cm³/mol. The van der Waals surface area contributed by atoms with E-state index in [2.05, 4.69) is 42.9 Å². The molecule has 0 aliphatic carbocycles. The molecule has 1 aromatic heterocycles. The molecule has 0 spiro atoms. The van der Waals surface area contributed by atoms with Crippen LogP contribution in [0.3, 0.4) is 0 Å². The van der Waals surface area contributed by atoms with Gasteiger partial charge in [0.25, 0.3) is 0 Å². The molecule has 0 N–H and O–H groups in total. The highest BCUT2D eigenvalue weighted by Gasteiger charge is 2.10. The maximum absolute atomic E-state index is 5.86. The van der Waals surface area contributed by atoms with Gasteiger partial charge in [0, 0.05) is 26.0 Å². The summed E-state index contributed by atoms with van der Waals surface area (Å²) in [7, 11) is 4.11. The van der Waals surface area contributed by atoms with Gasteiger partial charge in [-0.2, -0.15) is 0 Å². The highest BCUT2D eigenvalue weighted by Crippen LogP contribution is 2.29.